The Labute approximate surface area is 77.5 Å². The number of halogens is 3. The standard InChI is InChI=1S/C8H11F3OS/c1-6-2-4-7(5-3-6)13(12)8(9,10)11/h7H,1-5H2. The van der Waals surface area contributed by atoms with Gasteiger partial charge in [-0.1, -0.05) is 12.2 Å². The van der Waals surface area contributed by atoms with Gasteiger partial charge in [0.05, 0.1) is 0 Å². The molecule has 0 N–H and O–H groups in total. The van der Waals surface area contributed by atoms with E-state index in [9.17, 15) is 17.4 Å². The molecule has 0 heterocycles. The van der Waals surface area contributed by atoms with Gasteiger partial charge >= 0.3 is 5.51 Å². The summed E-state index contributed by atoms with van der Waals surface area (Å²) >= 11 is 0. The van der Waals surface area contributed by atoms with Gasteiger partial charge in [-0.15, -0.1) is 0 Å². The van der Waals surface area contributed by atoms with Crippen molar-refractivity contribution >= 4 is 10.8 Å². The molecule has 0 aromatic carbocycles. The Morgan fingerprint density at radius 3 is 2.15 bits per heavy atom. The fraction of sp³-hybridized carbons (Fsp3) is 0.750. The van der Waals surface area contributed by atoms with Gasteiger partial charge in [0.25, 0.3) is 0 Å². The molecule has 1 unspecified atom stereocenters. The van der Waals surface area contributed by atoms with Crippen LogP contribution in [0.4, 0.5) is 13.2 Å². The summed E-state index contributed by atoms with van der Waals surface area (Å²) in [4.78, 5) is 0. The van der Waals surface area contributed by atoms with Gasteiger partial charge in [-0.3, -0.25) is 4.21 Å². The molecule has 0 aliphatic heterocycles. The lowest BCUT2D eigenvalue weighted by Gasteiger charge is -2.23. The van der Waals surface area contributed by atoms with Gasteiger partial charge in [0.2, 0.25) is 0 Å². The van der Waals surface area contributed by atoms with E-state index in [0.29, 0.717) is 25.7 Å². The van der Waals surface area contributed by atoms with E-state index in [-0.39, 0.29) is 0 Å². The summed E-state index contributed by atoms with van der Waals surface area (Å²) in [7, 11) is -2.68. The molecule has 1 saturated carbocycles. The van der Waals surface area contributed by atoms with E-state index >= 15 is 0 Å². The summed E-state index contributed by atoms with van der Waals surface area (Å²) in [6, 6.07) is 0. The molecule has 0 radical (unpaired) electrons. The van der Waals surface area contributed by atoms with Gasteiger partial charge in [0.1, 0.15) is 10.8 Å². The van der Waals surface area contributed by atoms with Gasteiger partial charge in [0, 0.05) is 5.25 Å². The van der Waals surface area contributed by atoms with Crippen LogP contribution < -0.4 is 0 Å². The normalized spacial score (nSPS) is 23.2. The maximum Gasteiger partial charge on any atom is 0.471 e. The molecule has 0 spiro atoms. The molecule has 0 aromatic heterocycles. The predicted molar refractivity (Wildman–Crippen MR) is 45.6 cm³/mol. The van der Waals surface area contributed by atoms with Crippen LogP contribution in [-0.2, 0) is 10.8 Å². The third-order valence-electron chi connectivity index (χ3n) is 2.17. The predicted octanol–water partition coefficient (Wildman–Crippen LogP) is 2.75. The molecule has 1 rings (SSSR count). The number of hydrogen-bond acceptors (Lipinski definition) is 1. The average molecular weight is 212 g/mol. The van der Waals surface area contributed by atoms with Crippen LogP contribution in [0.3, 0.4) is 0 Å². The fourth-order valence-electron chi connectivity index (χ4n) is 1.40. The van der Waals surface area contributed by atoms with Crippen LogP contribution in [0.15, 0.2) is 12.2 Å². The maximum atomic E-state index is 12.0. The van der Waals surface area contributed by atoms with E-state index in [0.717, 1.165) is 5.57 Å². The molecule has 13 heavy (non-hydrogen) atoms. The highest BCUT2D eigenvalue weighted by molar-refractivity contribution is 7.86. The van der Waals surface area contributed by atoms with Crippen molar-refractivity contribution in [2.45, 2.75) is 36.4 Å². The second-order valence-corrected chi connectivity index (χ2v) is 4.92. The molecule has 0 amide bonds. The zero-order valence-corrected chi connectivity index (χ0v) is 7.88. The van der Waals surface area contributed by atoms with Crippen LogP contribution in [0.25, 0.3) is 0 Å². The SMILES string of the molecule is C=C1CCC(S(=O)C(F)(F)F)CC1. The molecular weight excluding hydrogens is 201 g/mol. The molecule has 1 atom stereocenters. The van der Waals surface area contributed by atoms with Crippen molar-refractivity contribution in [1.29, 1.82) is 0 Å². The smallest absolute Gasteiger partial charge is 0.250 e. The van der Waals surface area contributed by atoms with Crippen molar-refractivity contribution in [3.8, 4) is 0 Å². The van der Waals surface area contributed by atoms with Crippen molar-refractivity contribution in [2.75, 3.05) is 0 Å². The van der Waals surface area contributed by atoms with E-state index in [1.54, 1.807) is 0 Å². The fourth-order valence-corrected chi connectivity index (χ4v) is 2.44. The first-order valence-electron chi connectivity index (χ1n) is 4.05. The van der Waals surface area contributed by atoms with Gasteiger partial charge in [-0.2, -0.15) is 13.2 Å². The lowest BCUT2D eigenvalue weighted by Crippen LogP contribution is -2.29. The van der Waals surface area contributed by atoms with Gasteiger partial charge in [-0.05, 0) is 25.7 Å². The van der Waals surface area contributed by atoms with Crippen LogP contribution in [0.5, 0.6) is 0 Å². The molecule has 1 aliphatic rings. The van der Waals surface area contributed by atoms with Crippen molar-refractivity contribution in [1.82, 2.24) is 0 Å². The molecule has 0 saturated heterocycles. The zero-order chi connectivity index (χ0) is 10.1. The first kappa shape index (κ1) is 10.8. The topological polar surface area (TPSA) is 17.1 Å². The molecule has 0 aromatic rings. The van der Waals surface area contributed by atoms with Gasteiger partial charge in [-0.25, -0.2) is 0 Å². The first-order chi connectivity index (χ1) is 5.91. The molecule has 1 fully saturated rings. The van der Waals surface area contributed by atoms with E-state index in [2.05, 4.69) is 6.58 Å². The highest BCUT2D eigenvalue weighted by Gasteiger charge is 2.42. The molecule has 0 bridgehead atoms. The summed E-state index contributed by atoms with van der Waals surface area (Å²) < 4.78 is 46.9. The largest absolute Gasteiger partial charge is 0.471 e. The maximum absolute atomic E-state index is 12.0. The Balaban J connectivity index is 2.55. The third-order valence-corrected chi connectivity index (χ3v) is 3.70. The Morgan fingerprint density at radius 1 is 1.31 bits per heavy atom. The minimum Gasteiger partial charge on any atom is -0.250 e. The Bertz CT molecular complexity index is 224. The lowest BCUT2D eigenvalue weighted by molar-refractivity contribution is -0.0393. The zero-order valence-electron chi connectivity index (χ0n) is 7.06. The summed E-state index contributed by atoms with van der Waals surface area (Å²) in [5.41, 5.74) is -3.58. The van der Waals surface area contributed by atoms with E-state index < -0.39 is 21.6 Å². The summed E-state index contributed by atoms with van der Waals surface area (Å²) in [5, 5.41) is -0.717. The van der Waals surface area contributed by atoms with Crippen LogP contribution in [0, 0.1) is 0 Å². The van der Waals surface area contributed by atoms with Crippen LogP contribution in [-0.4, -0.2) is 15.0 Å². The number of allylic oxidation sites excluding steroid dienone is 1. The summed E-state index contributed by atoms with van der Waals surface area (Å²) in [5.74, 6) is 0. The molecule has 1 aliphatic carbocycles. The van der Waals surface area contributed by atoms with Crippen LogP contribution >= 0.6 is 0 Å². The monoisotopic (exact) mass is 212 g/mol. The number of hydrogen-bond donors (Lipinski definition) is 0. The van der Waals surface area contributed by atoms with Crippen LogP contribution in [0.1, 0.15) is 25.7 Å². The minimum absolute atomic E-state index is 0.352. The molecule has 76 valence electrons. The quantitative estimate of drug-likeness (QED) is 0.611. The Morgan fingerprint density at radius 2 is 1.77 bits per heavy atom. The second kappa shape index (κ2) is 3.82. The Hall–Kier alpha value is -0.320. The van der Waals surface area contributed by atoms with Crippen molar-refractivity contribution in [3.05, 3.63) is 12.2 Å². The Kier molecular flexibility index (Phi) is 3.16. The highest BCUT2D eigenvalue weighted by atomic mass is 32.2. The van der Waals surface area contributed by atoms with E-state index in [4.69, 9.17) is 0 Å². The molecule has 5 heteroatoms. The molecular formula is C8H11F3OS. The van der Waals surface area contributed by atoms with E-state index in [1.807, 2.05) is 0 Å². The van der Waals surface area contributed by atoms with Crippen molar-refractivity contribution in [2.24, 2.45) is 0 Å². The number of alkyl halides is 3. The second-order valence-electron chi connectivity index (χ2n) is 3.19. The van der Waals surface area contributed by atoms with Crippen molar-refractivity contribution < 1.29 is 17.4 Å². The lowest BCUT2D eigenvalue weighted by atomic mass is 9.96. The van der Waals surface area contributed by atoms with Gasteiger partial charge < -0.3 is 0 Å². The minimum atomic E-state index is -4.55. The molecule has 1 nitrogen and oxygen atoms in total. The first-order valence-corrected chi connectivity index (χ1v) is 5.26. The highest BCUT2D eigenvalue weighted by Crippen LogP contribution is 2.32. The van der Waals surface area contributed by atoms with Crippen molar-refractivity contribution in [3.63, 3.8) is 0 Å². The number of rotatable bonds is 1. The average Bonchev–Trinajstić information content (AvgIpc) is 2.03. The van der Waals surface area contributed by atoms with E-state index in [1.165, 1.54) is 0 Å². The summed E-state index contributed by atoms with van der Waals surface area (Å²) in [6.07, 6.45) is 1.86. The van der Waals surface area contributed by atoms with Crippen LogP contribution in [0.2, 0.25) is 0 Å². The third kappa shape index (κ3) is 2.83. The van der Waals surface area contributed by atoms with Gasteiger partial charge in [0.15, 0.2) is 0 Å². The summed E-state index contributed by atoms with van der Waals surface area (Å²) in [6.45, 7) is 3.69.